The van der Waals surface area contributed by atoms with Gasteiger partial charge in [-0.15, -0.1) is 12.4 Å². The molecule has 0 heterocycles. The molecule has 1 rings (SSSR count). The SMILES string of the molecule is Cl.NCCCC[C@@H](N)c1cccc([N+](=O)[O-])c1. The van der Waals surface area contributed by atoms with E-state index in [1.165, 1.54) is 12.1 Å². The number of nitro benzene ring substituents is 1. The predicted molar refractivity (Wildman–Crippen MR) is 70.2 cm³/mol. The van der Waals surface area contributed by atoms with E-state index in [-0.39, 0.29) is 24.1 Å². The molecule has 17 heavy (non-hydrogen) atoms. The average Bonchev–Trinajstić information content (AvgIpc) is 2.29. The van der Waals surface area contributed by atoms with Crippen molar-refractivity contribution in [3.05, 3.63) is 39.9 Å². The first-order valence-electron chi connectivity index (χ1n) is 5.35. The number of nitrogens with two attached hydrogens (primary N) is 2. The Morgan fingerprint density at radius 2 is 2.06 bits per heavy atom. The zero-order valence-electron chi connectivity index (χ0n) is 9.54. The summed E-state index contributed by atoms with van der Waals surface area (Å²) < 4.78 is 0. The van der Waals surface area contributed by atoms with Crippen molar-refractivity contribution in [3.63, 3.8) is 0 Å². The highest BCUT2D eigenvalue weighted by Crippen LogP contribution is 2.21. The molecule has 0 bridgehead atoms. The van der Waals surface area contributed by atoms with Crippen molar-refractivity contribution in [1.82, 2.24) is 0 Å². The maximum atomic E-state index is 10.6. The van der Waals surface area contributed by atoms with Crippen molar-refractivity contribution >= 4 is 18.1 Å². The van der Waals surface area contributed by atoms with E-state index in [1.807, 2.05) is 6.07 Å². The highest BCUT2D eigenvalue weighted by atomic mass is 35.5. The molecule has 1 aromatic carbocycles. The average molecular weight is 260 g/mol. The summed E-state index contributed by atoms with van der Waals surface area (Å²) in [5.74, 6) is 0. The first-order valence-corrected chi connectivity index (χ1v) is 5.35. The Morgan fingerprint density at radius 3 is 2.65 bits per heavy atom. The van der Waals surface area contributed by atoms with E-state index in [0.29, 0.717) is 6.54 Å². The number of halogens is 1. The normalized spacial score (nSPS) is 11.6. The third kappa shape index (κ3) is 5.12. The van der Waals surface area contributed by atoms with Crippen LogP contribution >= 0.6 is 12.4 Å². The predicted octanol–water partition coefficient (Wildman–Crippen LogP) is 2.15. The van der Waals surface area contributed by atoms with Gasteiger partial charge in [0.2, 0.25) is 0 Å². The lowest BCUT2D eigenvalue weighted by Gasteiger charge is -2.11. The van der Waals surface area contributed by atoms with E-state index >= 15 is 0 Å². The number of nitro groups is 1. The van der Waals surface area contributed by atoms with Gasteiger partial charge in [-0.3, -0.25) is 10.1 Å². The smallest absolute Gasteiger partial charge is 0.269 e. The summed E-state index contributed by atoms with van der Waals surface area (Å²) in [6.45, 7) is 0.654. The Bertz CT molecular complexity index is 360. The molecular weight excluding hydrogens is 242 g/mol. The van der Waals surface area contributed by atoms with Gasteiger partial charge in [-0.25, -0.2) is 0 Å². The molecule has 0 fully saturated rings. The monoisotopic (exact) mass is 259 g/mol. The van der Waals surface area contributed by atoms with Gasteiger partial charge < -0.3 is 11.5 Å². The van der Waals surface area contributed by atoms with Crippen LogP contribution in [-0.4, -0.2) is 11.5 Å². The Hall–Kier alpha value is -1.17. The molecule has 1 aromatic rings. The summed E-state index contributed by atoms with van der Waals surface area (Å²) in [6, 6.07) is 6.34. The van der Waals surface area contributed by atoms with Crippen LogP contribution in [0.3, 0.4) is 0 Å². The fraction of sp³-hybridized carbons (Fsp3) is 0.455. The Kier molecular flexibility index (Phi) is 7.45. The number of unbranched alkanes of at least 4 members (excludes halogenated alkanes) is 1. The molecule has 0 saturated carbocycles. The van der Waals surface area contributed by atoms with Gasteiger partial charge in [-0.2, -0.15) is 0 Å². The third-order valence-electron chi connectivity index (χ3n) is 2.48. The van der Waals surface area contributed by atoms with E-state index in [2.05, 4.69) is 0 Å². The highest BCUT2D eigenvalue weighted by molar-refractivity contribution is 5.85. The van der Waals surface area contributed by atoms with Gasteiger partial charge in [0.15, 0.2) is 0 Å². The van der Waals surface area contributed by atoms with Crippen LogP contribution in [0.25, 0.3) is 0 Å². The fourth-order valence-electron chi connectivity index (χ4n) is 1.54. The second-order valence-corrected chi connectivity index (χ2v) is 3.74. The fourth-order valence-corrected chi connectivity index (χ4v) is 1.54. The van der Waals surface area contributed by atoms with Crippen LogP contribution in [0.5, 0.6) is 0 Å². The van der Waals surface area contributed by atoms with Crippen molar-refractivity contribution in [2.75, 3.05) is 6.54 Å². The van der Waals surface area contributed by atoms with Gasteiger partial charge in [-0.05, 0) is 24.9 Å². The van der Waals surface area contributed by atoms with Crippen molar-refractivity contribution in [2.24, 2.45) is 11.5 Å². The van der Waals surface area contributed by atoms with Gasteiger partial charge in [-0.1, -0.05) is 18.6 Å². The Labute approximate surface area is 107 Å². The summed E-state index contributed by atoms with van der Waals surface area (Å²) in [5.41, 5.74) is 12.2. The van der Waals surface area contributed by atoms with E-state index in [9.17, 15) is 10.1 Å². The molecule has 6 heteroatoms. The van der Waals surface area contributed by atoms with Crippen molar-refractivity contribution in [3.8, 4) is 0 Å². The molecule has 4 N–H and O–H groups in total. The van der Waals surface area contributed by atoms with Gasteiger partial charge in [0.05, 0.1) is 4.92 Å². The molecule has 0 aromatic heterocycles. The minimum Gasteiger partial charge on any atom is -0.330 e. The molecular formula is C11H18ClN3O2. The molecule has 0 spiro atoms. The summed E-state index contributed by atoms with van der Waals surface area (Å²) in [4.78, 5) is 10.2. The maximum absolute atomic E-state index is 10.6. The lowest BCUT2D eigenvalue weighted by atomic mass is 10.0. The van der Waals surface area contributed by atoms with Crippen LogP contribution in [0, 0.1) is 10.1 Å². The van der Waals surface area contributed by atoms with Gasteiger partial charge >= 0.3 is 0 Å². The van der Waals surface area contributed by atoms with Gasteiger partial charge in [0, 0.05) is 18.2 Å². The Morgan fingerprint density at radius 1 is 1.35 bits per heavy atom. The number of benzene rings is 1. The van der Waals surface area contributed by atoms with Gasteiger partial charge in [0.25, 0.3) is 5.69 Å². The molecule has 0 aliphatic carbocycles. The van der Waals surface area contributed by atoms with Crippen LogP contribution in [0.15, 0.2) is 24.3 Å². The minimum atomic E-state index is -0.407. The maximum Gasteiger partial charge on any atom is 0.269 e. The lowest BCUT2D eigenvalue weighted by molar-refractivity contribution is -0.384. The molecule has 0 saturated heterocycles. The van der Waals surface area contributed by atoms with E-state index < -0.39 is 4.92 Å². The quantitative estimate of drug-likeness (QED) is 0.465. The standard InChI is InChI=1S/C11H17N3O2.ClH/c12-7-2-1-6-11(13)9-4-3-5-10(8-9)14(15)16;/h3-5,8,11H,1-2,6-7,12-13H2;1H/t11-;/m1./s1. The van der Waals surface area contributed by atoms with Crippen molar-refractivity contribution in [1.29, 1.82) is 0 Å². The van der Waals surface area contributed by atoms with Gasteiger partial charge in [0.1, 0.15) is 0 Å². The highest BCUT2D eigenvalue weighted by Gasteiger charge is 2.10. The molecule has 5 nitrogen and oxygen atoms in total. The summed E-state index contributed by atoms with van der Waals surface area (Å²) in [7, 11) is 0. The van der Waals surface area contributed by atoms with Crippen LogP contribution in [0.2, 0.25) is 0 Å². The van der Waals surface area contributed by atoms with E-state index in [1.54, 1.807) is 6.07 Å². The summed E-state index contributed by atoms with van der Waals surface area (Å²) >= 11 is 0. The van der Waals surface area contributed by atoms with E-state index in [4.69, 9.17) is 11.5 Å². The number of rotatable bonds is 6. The molecule has 0 unspecified atom stereocenters. The molecule has 96 valence electrons. The van der Waals surface area contributed by atoms with Crippen LogP contribution < -0.4 is 11.5 Å². The number of hydrogen-bond acceptors (Lipinski definition) is 4. The first-order chi connectivity index (χ1) is 7.65. The second kappa shape index (κ2) is 8.00. The third-order valence-corrected chi connectivity index (χ3v) is 2.48. The van der Waals surface area contributed by atoms with Crippen LogP contribution in [0.4, 0.5) is 5.69 Å². The second-order valence-electron chi connectivity index (χ2n) is 3.74. The number of hydrogen-bond donors (Lipinski definition) is 2. The van der Waals surface area contributed by atoms with E-state index in [0.717, 1.165) is 24.8 Å². The van der Waals surface area contributed by atoms with Crippen LogP contribution in [0.1, 0.15) is 30.9 Å². The zero-order chi connectivity index (χ0) is 12.0. The summed E-state index contributed by atoms with van der Waals surface area (Å²) in [6.07, 6.45) is 2.68. The van der Waals surface area contributed by atoms with Crippen LogP contribution in [-0.2, 0) is 0 Å². The summed E-state index contributed by atoms with van der Waals surface area (Å²) in [5, 5.41) is 10.6. The minimum absolute atomic E-state index is 0. The van der Waals surface area contributed by atoms with Crippen molar-refractivity contribution in [2.45, 2.75) is 25.3 Å². The Balaban J connectivity index is 0.00000256. The molecule has 0 aliphatic heterocycles. The number of non-ortho nitro benzene ring substituents is 1. The largest absolute Gasteiger partial charge is 0.330 e. The molecule has 0 amide bonds. The molecule has 0 aliphatic rings. The van der Waals surface area contributed by atoms with Crippen molar-refractivity contribution < 1.29 is 4.92 Å². The lowest BCUT2D eigenvalue weighted by Crippen LogP contribution is -2.11. The molecule has 0 radical (unpaired) electrons. The topological polar surface area (TPSA) is 95.2 Å². The molecule has 1 atom stereocenters. The zero-order valence-corrected chi connectivity index (χ0v) is 10.4. The number of nitrogens with zero attached hydrogens (tertiary/aromatic N) is 1. The first kappa shape index (κ1) is 15.8.